The standard InChI is InChI=1S/C18H27NO3/c1-3-5-7-15(4-2)18(20)19-13-14-8-9-16-17(12-14)22-11-6-10-21-16/h8-9,12,15H,3-7,10-11,13H2,1-2H3,(H,19,20). The summed E-state index contributed by atoms with van der Waals surface area (Å²) < 4.78 is 11.3. The molecule has 0 fully saturated rings. The van der Waals surface area contributed by atoms with Gasteiger partial charge in [0, 0.05) is 18.9 Å². The van der Waals surface area contributed by atoms with Crippen molar-refractivity contribution in [3.05, 3.63) is 23.8 Å². The van der Waals surface area contributed by atoms with Gasteiger partial charge in [0.15, 0.2) is 11.5 Å². The fourth-order valence-corrected chi connectivity index (χ4v) is 2.62. The van der Waals surface area contributed by atoms with E-state index in [0.29, 0.717) is 19.8 Å². The second-order valence-corrected chi connectivity index (χ2v) is 5.80. The predicted octanol–water partition coefficient (Wildman–Crippen LogP) is 3.68. The van der Waals surface area contributed by atoms with Crippen molar-refractivity contribution in [1.29, 1.82) is 0 Å². The molecule has 0 saturated carbocycles. The maximum Gasteiger partial charge on any atom is 0.223 e. The molecule has 122 valence electrons. The third-order valence-electron chi connectivity index (χ3n) is 4.05. The van der Waals surface area contributed by atoms with Gasteiger partial charge >= 0.3 is 0 Å². The van der Waals surface area contributed by atoms with Gasteiger partial charge < -0.3 is 14.8 Å². The lowest BCUT2D eigenvalue weighted by molar-refractivity contribution is -0.125. The molecular formula is C18H27NO3. The smallest absolute Gasteiger partial charge is 0.223 e. The van der Waals surface area contributed by atoms with Crippen LogP contribution in [0.15, 0.2) is 18.2 Å². The van der Waals surface area contributed by atoms with Crippen molar-refractivity contribution < 1.29 is 14.3 Å². The largest absolute Gasteiger partial charge is 0.490 e. The Morgan fingerprint density at radius 2 is 2.00 bits per heavy atom. The summed E-state index contributed by atoms with van der Waals surface area (Å²) in [6, 6.07) is 5.88. The van der Waals surface area contributed by atoms with E-state index in [1.807, 2.05) is 18.2 Å². The first-order valence-electron chi connectivity index (χ1n) is 8.40. The molecule has 1 amide bonds. The van der Waals surface area contributed by atoms with Crippen molar-refractivity contribution in [2.75, 3.05) is 13.2 Å². The van der Waals surface area contributed by atoms with Gasteiger partial charge in [0.1, 0.15) is 0 Å². The molecule has 0 bridgehead atoms. The summed E-state index contributed by atoms with van der Waals surface area (Å²) >= 11 is 0. The molecule has 1 N–H and O–H groups in total. The molecule has 0 radical (unpaired) electrons. The van der Waals surface area contributed by atoms with Gasteiger partial charge in [-0.05, 0) is 30.5 Å². The lowest BCUT2D eigenvalue weighted by atomic mass is 9.98. The number of rotatable bonds is 7. The van der Waals surface area contributed by atoms with E-state index >= 15 is 0 Å². The summed E-state index contributed by atoms with van der Waals surface area (Å²) in [5.74, 6) is 1.85. The number of carbonyl (C=O) groups is 1. The van der Waals surface area contributed by atoms with Crippen LogP contribution in [-0.2, 0) is 11.3 Å². The predicted molar refractivity (Wildman–Crippen MR) is 87.2 cm³/mol. The topological polar surface area (TPSA) is 47.6 Å². The average molecular weight is 305 g/mol. The number of carbonyl (C=O) groups excluding carboxylic acids is 1. The van der Waals surface area contributed by atoms with Gasteiger partial charge in [0.25, 0.3) is 0 Å². The van der Waals surface area contributed by atoms with Crippen LogP contribution in [0, 0.1) is 5.92 Å². The molecule has 4 heteroatoms. The Kier molecular flexibility index (Phi) is 6.56. The van der Waals surface area contributed by atoms with E-state index in [1.165, 1.54) is 0 Å². The van der Waals surface area contributed by atoms with Crippen LogP contribution in [0.1, 0.15) is 51.5 Å². The second kappa shape index (κ2) is 8.66. The van der Waals surface area contributed by atoms with Crippen molar-refractivity contribution >= 4 is 5.91 Å². The zero-order chi connectivity index (χ0) is 15.8. The second-order valence-electron chi connectivity index (χ2n) is 5.80. The highest BCUT2D eigenvalue weighted by molar-refractivity contribution is 5.78. The molecule has 0 aromatic heterocycles. The SMILES string of the molecule is CCCCC(CC)C(=O)NCc1ccc2c(c1)OCCCO2. The van der Waals surface area contributed by atoms with E-state index in [-0.39, 0.29) is 11.8 Å². The molecule has 0 spiro atoms. The molecule has 1 aliphatic rings. The van der Waals surface area contributed by atoms with Crippen LogP contribution in [-0.4, -0.2) is 19.1 Å². The van der Waals surface area contributed by atoms with Gasteiger partial charge in [-0.15, -0.1) is 0 Å². The van der Waals surface area contributed by atoms with Crippen LogP contribution in [0.2, 0.25) is 0 Å². The molecule has 1 aromatic rings. The minimum Gasteiger partial charge on any atom is -0.490 e. The van der Waals surface area contributed by atoms with E-state index < -0.39 is 0 Å². The Morgan fingerprint density at radius 1 is 1.23 bits per heavy atom. The number of fused-ring (bicyclic) bond motifs is 1. The third kappa shape index (κ3) is 4.65. The maximum absolute atomic E-state index is 12.2. The van der Waals surface area contributed by atoms with Gasteiger partial charge in [-0.3, -0.25) is 4.79 Å². The summed E-state index contributed by atoms with van der Waals surface area (Å²) in [6.07, 6.45) is 5.01. The molecule has 1 aromatic carbocycles. The highest BCUT2D eigenvalue weighted by atomic mass is 16.5. The van der Waals surface area contributed by atoms with Crippen molar-refractivity contribution in [2.24, 2.45) is 5.92 Å². The minimum absolute atomic E-state index is 0.125. The van der Waals surface area contributed by atoms with Crippen molar-refractivity contribution in [3.8, 4) is 11.5 Å². The fraction of sp³-hybridized carbons (Fsp3) is 0.611. The Hall–Kier alpha value is -1.71. The molecule has 4 nitrogen and oxygen atoms in total. The van der Waals surface area contributed by atoms with E-state index in [4.69, 9.17) is 9.47 Å². The molecule has 1 atom stereocenters. The zero-order valence-corrected chi connectivity index (χ0v) is 13.7. The van der Waals surface area contributed by atoms with Crippen molar-refractivity contribution in [3.63, 3.8) is 0 Å². The number of nitrogens with one attached hydrogen (secondary N) is 1. The van der Waals surface area contributed by atoms with E-state index in [1.54, 1.807) is 0 Å². The summed E-state index contributed by atoms with van der Waals surface area (Å²) in [7, 11) is 0. The number of unbranched alkanes of at least 4 members (excludes halogenated alkanes) is 1. The first-order chi connectivity index (χ1) is 10.7. The Labute approximate surface area is 133 Å². The zero-order valence-electron chi connectivity index (χ0n) is 13.7. The van der Waals surface area contributed by atoms with E-state index in [2.05, 4.69) is 19.2 Å². The van der Waals surface area contributed by atoms with Crippen LogP contribution in [0.4, 0.5) is 0 Å². The van der Waals surface area contributed by atoms with Crippen LogP contribution in [0.25, 0.3) is 0 Å². The third-order valence-corrected chi connectivity index (χ3v) is 4.05. The van der Waals surface area contributed by atoms with Crippen LogP contribution in [0.5, 0.6) is 11.5 Å². The van der Waals surface area contributed by atoms with Gasteiger partial charge in [0.05, 0.1) is 13.2 Å². The maximum atomic E-state index is 12.2. The molecule has 22 heavy (non-hydrogen) atoms. The van der Waals surface area contributed by atoms with Gasteiger partial charge in [-0.25, -0.2) is 0 Å². The number of hydrogen-bond acceptors (Lipinski definition) is 3. The van der Waals surface area contributed by atoms with E-state index in [9.17, 15) is 4.79 Å². The number of hydrogen-bond donors (Lipinski definition) is 1. The molecule has 1 unspecified atom stereocenters. The lowest BCUT2D eigenvalue weighted by Crippen LogP contribution is -2.30. The first kappa shape index (κ1) is 16.7. The molecule has 0 aliphatic carbocycles. The number of ether oxygens (including phenoxy) is 2. The number of benzene rings is 1. The fourth-order valence-electron chi connectivity index (χ4n) is 2.62. The van der Waals surface area contributed by atoms with Gasteiger partial charge in [-0.2, -0.15) is 0 Å². The first-order valence-corrected chi connectivity index (χ1v) is 8.40. The Bertz CT molecular complexity index is 487. The lowest BCUT2D eigenvalue weighted by Gasteiger charge is -2.15. The highest BCUT2D eigenvalue weighted by Crippen LogP contribution is 2.30. The van der Waals surface area contributed by atoms with E-state index in [0.717, 1.165) is 49.2 Å². The monoisotopic (exact) mass is 305 g/mol. The Morgan fingerprint density at radius 3 is 2.73 bits per heavy atom. The summed E-state index contributed by atoms with van der Waals surface area (Å²) in [4.78, 5) is 12.2. The van der Waals surface area contributed by atoms with Crippen molar-refractivity contribution in [2.45, 2.75) is 52.5 Å². The van der Waals surface area contributed by atoms with Crippen LogP contribution >= 0.6 is 0 Å². The normalized spacial score (nSPS) is 15.0. The van der Waals surface area contributed by atoms with Crippen LogP contribution in [0.3, 0.4) is 0 Å². The molecule has 1 heterocycles. The average Bonchev–Trinajstić information content (AvgIpc) is 2.78. The van der Waals surface area contributed by atoms with Crippen molar-refractivity contribution in [1.82, 2.24) is 5.32 Å². The molecular weight excluding hydrogens is 278 g/mol. The summed E-state index contributed by atoms with van der Waals surface area (Å²) in [5.41, 5.74) is 1.04. The Balaban J connectivity index is 1.90. The quantitative estimate of drug-likeness (QED) is 0.836. The summed E-state index contributed by atoms with van der Waals surface area (Å²) in [6.45, 7) is 6.14. The molecule has 2 rings (SSSR count). The molecule has 0 saturated heterocycles. The number of amides is 1. The van der Waals surface area contributed by atoms with Crippen LogP contribution < -0.4 is 14.8 Å². The van der Waals surface area contributed by atoms with Gasteiger partial charge in [0.2, 0.25) is 5.91 Å². The summed E-state index contributed by atoms with van der Waals surface area (Å²) in [5, 5.41) is 3.05. The minimum atomic E-state index is 0.125. The van der Waals surface area contributed by atoms with Gasteiger partial charge in [-0.1, -0.05) is 32.8 Å². The highest BCUT2D eigenvalue weighted by Gasteiger charge is 2.16. The molecule has 1 aliphatic heterocycles.